The van der Waals surface area contributed by atoms with E-state index in [0.717, 1.165) is 16.5 Å². The summed E-state index contributed by atoms with van der Waals surface area (Å²) >= 11 is 0. The lowest BCUT2D eigenvalue weighted by molar-refractivity contribution is -0.384. The number of Topliss-reactive ketones (excluding diaryl/α,β-unsaturated/α-hetero) is 1. The Balaban J connectivity index is 1.65. The van der Waals surface area contributed by atoms with E-state index in [0.29, 0.717) is 28.2 Å². The van der Waals surface area contributed by atoms with Crippen molar-refractivity contribution in [3.05, 3.63) is 112 Å². The Labute approximate surface area is 171 Å². The van der Waals surface area contributed by atoms with E-state index >= 15 is 0 Å². The number of ketones is 1. The van der Waals surface area contributed by atoms with Crippen LogP contribution in [0.2, 0.25) is 0 Å². The molecule has 30 heavy (non-hydrogen) atoms. The molecule has 0 atom stereocenters. The molecule has 6 nitrogen and oxygen atoms in total. The molecule has 0 bridgehead atoms. The summed E-state index contributed by atoms with van der Waals surface area (Å²) < 4.78 is 0. The molecule has 0 saturated heterocycles. The third-order valence-corrected chi connectivity index (χ3v) is 5.12. The molecule has 0 saturated carbocycles. The van der Waals surface area contributed by atoms with E-state index in [1.165, 1.54) is 12.1 Å². The van der Waals surface area contributed by atoms with Crippen molar-refractivity contribution in [1.82, 2.24) is 4.98 Å². The molecule has 0 unspecified atom stereocenters. The van der Waals surface area contributed by atoms with Crippen molar-refractivity contribution >= 4 is 39.3 Å². The van der Waals surface area contributed by atoms with Crippen LogP contribution in [0.15, 0.2) is 84.9 Å². The van der Waals surface area contributed by atoms with Crippen molar-refractivity contribution in [1.29, 1.82) is 0 Å². The van der Waals surface area contributed by atoms with E-state index in [1.807, 2.05) is 54.6 Å². The molecule has 0 aliphatic heterocycles. The number of nitrogens with zero attached hydrogens (tertiary/aromatic N) is 2. The summed E-state index contributed by atoms with van der Waals surface area (Å²) in [6.45, 7) is 0. The van der Waals surface area contributed by atoms with Crippen LogP contribution in [0.5, 0.6) is 0 Å². The maximum Gasteiger partial charge on any atom is 0.269 e. The number of allylic oxidation sites excluding steroid dienone is 1. The molecule has 1 heterocycles. The molecule has 1 N–H and O–H groups in total. The van der Waals surface area contributed by atoms with Gasteiger partial charge in [-0.2, -0.15) is 0 Å². The number of nitrogens with one attached hydrogen (secondary N) is 1. The standard InChI is InChI=1S/C24H15N3O3/c28-24-19-7-3-2-6-18(19)23(25-16-10-12-17(13-11-16)27(29)30)22(24)21-14-9-15-5-1-4-8-20(15)26-21/h1-14,25H. The zero-order valence-electron chi connectivity index (χ0n) is 15.7. The highest BCUT2D eigenvalue weighted by Gasteiger charge is 2.31. The number of non-ortho nitro benzene ring substituents is 1. The third-order valence-electron chi connectivity index (χ3n) is 5.12. The van der Waals surface area contributed by atoms with Gasteiger partial charge >= 0.3 is 0 Å². The van der Waals surface area contributed by atoms with Gasteiger partial charge in [-0.3, -0.25) is 14.9 Å². The minimum absolute atomic E-state index is 0.00819. The zero-order valence-corrected chi connectivity index (χ0v) is 15.7. The molecule has 0 fully saturated rings. The highest BCUT2D eigenvalue weighted by Crippen LogP contribution is 2.38. The number of fused-ring (bicyclic) bond motifs is 2. The number of pyridine rings is 1. The molecule has 5 rings (SSSR count). The maximum absolute atomic E-state index is 13.3. The molecule has 6 heteroatoms. The molecule has 1 aliphatic rings. The summed E-state index contributed by atoms with van der Waals surface area (Å²) in [7, 11) is 0. The number of para-hydroxylation sites is 1. The lowest BCUT2D eigenvalue weighted by atomic mass is 10.1. The van der Waals surface area contributed by atoms with Gasteiger partial charge in [0.1, 0.15) is 0 Å². The van der Waals surface area contributed by atoms with Crippen molar-refractivity contribution in [3.63, 3.8) is 0 Å². The molecule has 4 aromatic rings. The fourth-order valence-corrected chi connectivity index (χ4v) is 3.67. The fraction of sp³-hybridized carbons (Fsp3) is 0. The van der Waals surface area contributed by atoms with Gasteiger partial charge in [0.15, 0.2) is 5.78 Å². The van der Waals surface area contributed by atoms with Crippen molar-refractivity contribution in [2.75, 3.05) is 5.32 Å². The number of nitro benzene ring substituents is 1. The van der Waals surface area contributed by atoms with Crippen molar-refractivity contribution in [2.45, 2.75) is 0 Å². The number of aromatic nitrogens is 1. The Bertz CT molecular complexity index is 1360. The fourth-order valence-electron chi connectivity index (χ4n) is 3.67. The van der Waals surface area contributed by atoms with Gasteiger partial charge in [-0.15, -0.1) is 0 Å². The van der Waals surface area contributed by atoms with Gasteiger partial charge < -0.3 is 5.32 Å². The van der Waals surface area contributed by atoms with Crippen LogP contribution in [0, 0.1) is 10.1 Å². The topological polar surface area (TPSA) is 85.1 Å². The first-order valence-corrected chi connectivity index (χ1v) is 9.38. The van der Waals surface area contributed by atoms with Gasteiger partial charge in [-0.05, 0) is 24.3 Å². The summed E-state index contributed by atoms with van der Waals surface area (Å²) in [5, 5.41) is 15.2. The summed E-state index contributed by atoms with van der Waals surface area (Å²) in [5.41, 5.74) is 4.57. The van der Waals surface area contributed by atoms with Crippen molar-refractivity contribution < 1.29 is 9.72 Å². The van der Waals surface area contributed by atoms with Crippen LogP contribution in [0.25, 0.3) is 22.2 Å². The second-order valence-corrected chi connectivity index (χ2v) is 6.94. The van der Waals surface area contributed by atoms with Crippen molar-refractivity contribution in [2.24, 2.45) is 0 Å². The monoisotopic (exact) mass is 393 g/mol. The highest BCUT2D eigenvalue weighted by atomic mass is 16.6. The van der Waals surface area contributed by atoms with E-state index in [1.54, 1.807) is 18.2 Å². The van der Waals surface area contributed by atoms with Crippen LogP contribution in [0.4, 0.5) is 11.4 Å². The maximum atomic E-state index is 13.3. The quantitative estimate of drug-likeness (QED) is 0.375. The largest absolute Gasteiger partial charge is 0.354 e. The van der Waals surface area contributed by atoms with Crippen LogP contribution < -0.4 is 5.32 Å². The number of hydrogen-bond acceptors (Lipinski definition) is 5. The highest BCUT2D eigenvalue weighted by molar-refractivity contribution is 6.40. The second-order valence-electron chi connectivity index (χ2n) is 6.94. The zero-order chi connectivity index (χ0) is 20.7. The van der Waals surface area contributed by atoms with Gasteiger partial charge in [0.05, 0.1) is 27.4 Å². The van der Waals surface area contributed by atoms with E-state index in [4.69, 9.17) is 4.98 Å². The van der Waals surface area contributed by atoms with Crippen LogP contribution in [0.1, 0.15) is 21.6 Å². The first kappa shape index (κ1) is 17.8. The van der Waals surface area contributed by atoms with E-state index in [-0.39, 0.29) is 11.5 Å². The Morgan fingerprint density at radius 3 is 2.27 bits per heavy atom. The smallest absolute Gasteiger partial charge is 0.269 e. The number of carbonyl (C=O) groups is 1. The average Bonchev–Trinajstić information content (AvgIpc) is 3.05. The molecule has 3 aromatic carbocycles. The van der Waals surface area contributed by atoms with Gasteiger partial charge in [0.25, 0.3) is 5.69 Å². The second kappa shape index (κ2) is 6.93. The molecule has 0 radical (unpaired) electrons. The van der Waals surface area contributed by atoms with Gasteiger partial charge in [0, 0.05) is 34.3 Å². The summed E-state index contributed by atoms with van der Waals surface area (Å²) in [6.07, 6.45) is 0. The predicted molar refractivity (Wildman–Crippen MR) is 116 cm³/mol. The van der Waals surface area contributed by atoms with Crippen molar-refractivity contribution in [3.8, 4) is 0 Å². The van der Waals surface area contributed by atoms with Crippen LogP contribution in [-0.4, -0.2) is 15.7 Å². The first-order valence-electron chi connectivity index (χ1n) is 9.38. The Hall–Kier alpha value is -4.32. The van der Waals surface area contributed by atoms with E-state index in [2.05, 4.69) is 5.32 Å². The number of anilines is 1. The normalized spacial score (nSPS) is 12.9. The lowest BCUT2D eigenvalue weighted by Gasteiger charge is -2.11. The molecule has 144 valence electrons. The molecular weight excluding hydrogens is 378 g/mol. The number of benzene rings is 3. The molecular formula is C24H15N3O3. The average molecular weight is 393 g/mol. The van der Waals surface area contributed by atoms with E-state index in [9.17, 15) is 14.9 Å². The Morgan fingerprint density at radius 2 is 1.50 bits per heavy atom. The molecule has 1 aliphatic carbocycles. The number of nitro groups is 1. The lowest BCUT2D eigenvalue weighted by Crippen LogP contribution is -2.03. The minimum Gasteiger partial charge on any atom is -0.354 e. The molecule has 0 amide bonds. The van der Waals surface area contributed by atoms with Crippen LogP contribution in [-0.2, 0) is 0 Å². The van der Waals surface area contributed by atoms with E-state index < -0.39 is 4.92 Å². The molecule has 1 aromatic heterocycles. The third kappa shape index (κ3) is 2.91. The summed E-state index contributed by atoms with van der Waals surface area (Å²) in [4.78, 5) is 28.4. The van der Waals surface area contributed by atoms with Gasteiger partial charge in [-0.25, -0.2) is 4.98 Å². The van der Waals surface area contributed by atoms with Crippen LogP contribution in [0.3, 0.4) is 0 Å². The van der Waals surface area contributed by atoms with Gasteiger partial charge in [-0.1, -0.05) is 48.5 Å². The number of hydrogen-bond donors (Lipinski definition) is 1. The first-order chi connectivity index (χ1) is 14.6. The Kier molecular flexibility index (Phi) is 4.10. The summed E-state index contributed by atoms with van der Waals surface area (Å²) in [6, 6.07) is 25.0. The predicted octanol–water partition coefficient (Wildman–Crippen LogP) is 5.32. The van der Waals surface area contributed by atoms with Gasteiger partial charge in [0.2, 0.25) is 0 Å². The molecule has 0 spiro atoms. The Morgan fingerprint density at radius 1 is 0.800 bits per heavy atom. The SMILES string of the molecule is O=C1C(c2ccc3ccccc3n2)=C(Nc2ccc([N+](=O)[O-])cc2)c2ccccc21. The summed E-state index contributed by atoms with van der Waals surface area (Å²) in [5.74, 6) is -0.0993. The van der Waals surface area contributed by atoms with Crippen LogP contribution >= 0.6 is 0 Å². The number of rotatable bonds is 4. The number of carbonyl (C=O) groups excluding carboxylic acids is 1. The minimum atomic E-state index is -0.443.